The number of rotatable bonds is 4. The van der Waals surface area contributed by atoms with Gasteiger partial charge < -0.3 is 10.5 Å². The summed E-state index contributed by atoms with van der Waals surface area (Å²) in [6.45, 7) is 4.00. The third-order valence-electron chi connectivity index (χ3n) is 3.24. The lowest BCUT2D eigenvalue weighted by molar-refractivity contribution is -0.145. The third-order valence-corrected chi connectivity index (χ3v) is 3.85. The Morgan fingerprint density at radius 2 is 2.19 bits per heavy atom. The number of methoxy groups -OCH3 is 1. The summed E-state index contributed by atoms with van der Waals surface area (Å²) >= 11 is 3.14. The van der Waals surface area contributed by atoms with E-state index in [0.29, 0.717) is 21.9 Å². The molecule has 0 bridgehead atoms. The SMILES string of the molecule is COC(=O)C(CC(C)C)n1c(N)nc2cc(F)c(Br)cc21. The lowest BCUT2D eigenvalue weighted by Crippen LogP contribution is -2.23. The molecule has 0 fully saturated rings. The molecule has 1 unspecified atom stereocenters. The Hall–Kier alpha value is -1.63. The first-order valence-electron chi connectivity index (χ1n) is 6.55. The standard InChI is InChI=1S/C14H17BrFN3O2/c1-7(2)4-12(13(20)21-3)19-11-5-8(15)9(16)6-10(11)18-14(19)17/h5-7,12H,4H2,1-3H3,(H2,17,18). The number of hydrogen-bond donors (Lipinski definition) is 1. The van der Waals surface area contributed by atoms with Crippen molar-refractivity contribution < 1.29 is 13.9 Å². The van der Waals surface area contributed by atoms with Crippen LogP contribution in [0.1, 0.15) is 26.3 Å². The maximum atomic E-state index is 13.6. The van der Waals surface area contributed by atoms with Crippen molar-refractivity contribution in [1.82, 2.24) is 9.55 Å². The molecule has 0 spiro atoms. The van der Waals surface area contributed by atoms with E-state index in [0.717, 1.165) is 0 Å². The molecule has 0 radical (unpaired) electrons. The number of hydrogen-bond acceptors (Lipinski definition) is 4. The van der Waals surface area contributed by atoms with Gasteiger partial charge in [-0.1, -0.05) is 13.8 Å². The maximum absolute atomic E-state index is 13.6. The monoisotopic (exact) mass is 357 g/mol. The largest absolute Gasteiger partial charge is 0.467 e. The van der Waals surface area contributed by atoms with Crippen molar-refractivity contribution >= 4 is 38.9 Å². The number of esters is 1. The fourth-order valence-electron chi connectivity index (χ4n) is 2.33. The molecule has 1 aromatic carbocycles. The van der Waals surface area contributed by atoms with E-state index in [1.54, 1.807) is 10.6 Å². The normalized spacial score (nSPS) is 12.9. The van der Waals surface area contributed by atoms with Crippen molar-refractivity contribution in [2.24, 2.45) is 5.92 Å². The fourth-order valence-corrected chi connectivity index (χ4v) is 2.66. The summed E-state index contributed by atoms with van der Waals surface area (Å²) in [5.41, 5.74) is 6.93. The summed E-state index contributed by atoms with van der Waals surface area (Å²) in [6, 6.07) is 2.28. The number of imidazole rings is 1. The Labute approximate surface area is 130 Å². The van der Waals surface area contributed by atoms with Crippen molar-refractivity contribution in [3.05, 3.63) is 22.4 Å². The van der Waals surface area contributed by atoms with Crippen molar-refractivity contribution in [1.29, 1.82) is 0 Å². The molecule has 114 valence electrons. The van der Waals surface area contributed by atoms with E-state index in [-0.39, 0.29) is 11.9 Å². The van der Waals surface area contributed by atoms with Gasteiger partial charge in [0, 0.05) is 6.07 Å². The number of nitrogens with two attached hydrogens (primary N) is 1. The zero-order valence-electron chi connectivity index (χ0n) is 12.1. The first-order valence-corrected chi connectivity index (χ1v) is 7.34. The van der Waals surface area contributed by atoms with Crippen LogP contribution in [-0.2, 0) is 9.53 Å². The number of carbonyl (C=O) groups excluding carboxylic acids is 1. The number of nitrogens with zero attached hydrogens (tertiary/aromatic N) is 2. The van der Waals surface area contributed by atoms with Crippen molar-refractivity contribution in [3.63, 3.8) is 0 Å². The lowest BCUT2D eigenvalue weighted by atomic mass is 10.0. The first-order chi connectivity index (χ1) is 9.85. The second-order valence-corrected chi connectivity index (χ2v) is 6.12. The molecule has 2 N–H and O–H groups in total. The number of fused-ring (bicyclic) bond motifs is 1. The van der Waals surface area contributed by atoms with Crippen molar-refractivity contribution in [2.75, 3.05) is 12.8 Å². The van der Waals surface area contributed by atoms with Gasteiger partial charge in [-0.2, -0.15) is 0 Å². The van der Waals surface area contributed by atoms with Gasteiger partial charge in [0.2, 0.25) is 5.95 Å². The fraction of sp³-hybridized carbons (Fsp3) is 0.429. The molecule has 0 saturated heterocycles. The number of anilines is 1. The summed E-state index contributed by atoms with van der Waals surface area (Å²) in [5, 5.41) is 0. The minimum Gasteiger partial charge on any atom is -0.467 e. The second kappa shape index (κ2) is 6.01. The van der Waals surface area contributed by atoms with Crippen LogP contribution in [0.2, 0.25) is 0 Å². The minimum atomic E-state index is -0.586. The van der Waals surface area contributed by atoms with Gasteiger partial charge in [-0.05, 0) is 34.3 Å². The molecule has 2 aromatic rings. The van der Waals surface area contributed by atoms with E-state index in [2.05, 4.69) is 20.9 Å². The molecule has 0 saturated carbocycles. The van der Waals surface area contributed by atoms with Crippen LogP contribution in [0.3, 0.4) is 0 Å². The number of ether oxygens (including phenoxy) is 1. The number of nitrogen functional groups attached to an aromatic ring is 1. The van der Waals surface area contributed by atoms with Crippen LogP contribution in [0.5, 0.6) is 0 Å². The van der Waals surface area contributed by atoms with E-state index in [9.17, 15) is 9.18 Å². The molecule has 7 heteroatoms. The molecule has 5 nitrogen and oxygen atoms in total. The molecule has 1 atom stereocenters. The predicted molar refractivity (Wildman–Crippen MR) is 82.3 cm³/mol. The Morgan fingerprint density at radius 1 is 1.52 bits per heavy atom. The maximum Gasteiger partial charge on any atom is 0.328 e. The quantitative estimate of drug-likeness (QED) is 0.852. The van der Waals surface area contributed by atoms with Crippen molar-refractivity contribution in [2.45, 2.75) is 26.3 Å². The lowest BCUT2D eigenvalue weighted by Gasteiger charge is -2.20. The molecule has 0 aliphatic carbocycles. The van der Waals surface area contributed by atoms with E-state index < -0.39 is 17.8 Å². The smallest absolute Gasteiger partial charge is 0.328 e. The number of benzene rings is 1. The Morgan fingerprint density at radius 3 is 2.76 bits per heavy atom. The number of aromatic nitrogens is 2. The first kappa shape index (κ1) is 15.8. The highest BCUT2D eigenvalue weighted by molar-refractivity contribution is 9.10. The molecule has 0 amide bonds. The highest BCUT2D eigenvalue weighted by Crippen LogP contribution is 2.31. The van der Waals surface area contributed by atoms with Crippen LogP contribution in [-0.4, -0.2) is 22.6 Å². The van der Waals surface area contributed by atoms with Gasteiger partial charge in [0.25, 0.3) is 0 Å². The molecule has 21 heavy (non-hydrogen) atoms. The molecule has 1 aromatic heterocycles. The summed E-state index contributed by atoms with van der Waals surface area (Å²) in [7, 11) is 1.33. The average molecular weight is 358 g/mol. The molecule has 0 aliphatic heterocycles. The van der Waals surface area contributed by atoms with Gasteiger partial charge in [-0.15, -0.1) is 0 Å². The Kier molecular flexibility index (Phi) is 4.51. The molecule has 0 aliphatic rings. The van der Waals surface area contributed by atoms with Crippen molar-refractivity contribution in [3.8, 4) is 0 Å². The highest BCUT2D eigenvalue weighted by Gasteiger charge is 2.27. The average Bonchev–Trinajstić information content (AvgIpc) is 2.71. The van der Waals surface area contributed by atoms with Crippen LogP contribution in [0.25, 0.3) is 11.0 Å². The van der Waals surface area contributed by atoms with Gasteiger partial charge in [0.15, 0.2) is 0 Å². The summed E-state index contributed by atoms with van der Waals surface area (Å²) in [6.07, 6.45) is 0.553. The van der Waals surface area contributed by atoms with E-state index in [1.807, 2.05) is 13.8 Å². The van der Waals surface area contributed by atoms with Crippen LogP contribution in [0.4, 0.5) is 10.3 Å². The van der Waals surface area contributed by atoms with Gasteiger partial charge in [0.05, 0.1) is 22.6 Å². The van der Waals surface area contributed by atoms with Crippen LogP contribution in [0, 0.1) is 11.7 Å². The summed E-state index contributed by atoms with van der Waals surface area (Å²) in [4.78, 5) is 16.2. The van der Waals surface area contributed by atoms with Crippen LogP contribution < -0.4 is 5.73 Å². The number of halogens is 2. The zero-order chi connectivity index (χ0) is 15.7. The Balaban J connectivity index is 2.64. The van der Waals surface area contributed by atoms with Crippen LogP contribution >= 0.6 is 15.9 Å². The minimum absolute atomic E-state index is 0.165. The highest BCUT2D eigenvalue weighted by atomic mass is 79.9. The van der Waals surface area contributed by atoms with Gasteiger partial charge in [-0.25, -0.2) is 14.2 Å². The van der Waals surface area contributed by atoms with E-state index >= 15 is 0 Å². The van der Waals surface area contributed by atoms with Crippen LogP contribution in [0.15, 0.2) is 16.6 Å². The summed E-state index contributed by atoms with van der Waals surface area (Å²) in [5.74, 6) is -0.394. The van der Waals surface area contributed by atoms with Gasteiger partial charge in [0.1, 0.15) is 11.9 Å². The topological polar surface area (TPSA) is 70.1 Å². The third kappa shape index (κ3) is 3.02. The molecule has 1 heterocycles. The number of carbonyl (C=O) groups is 1. The summed E-state index contributed by atoms with van der Waals surface area (Å²) < 4.78 is 20.4. The van der Waals surface area contributed by atoms with E-state index in [4.69, 9.17) is 10.5 Å². The Bertz CT molecular complexity index is 684. The molecular weight excluding hydrogens is 341 g/mol. The van der Waals surface area contributed by atoms with E-state index in [1.165, 1.54) is 13.2 Å². The predicted octanol–water partition coefficient (Wildman–Crippen LogP) is 3.28. The van der Waals surface area contributed by atoms with Gasteiger partial charge in [-0.3, -0.25) is 4.57 Å². The molecular formula is C14H17BrFN3O2. The molecule has 2 rings (SSSR count). The second-order valence-electron chi connectivity index (χ2n) is 5.26. The zero-order valence-corrected chi connectivity index (χ0v) is 13.6. The van der Waals surface area contributed by atoms with Gasteiger partial charge >= 0.3 is 5.97 Å².